The Morgan fingerprint density at radius 1 is 0.381 bits per heavy atom. The van der Waals surface area contributed by atoms with E-state index in [4.69, 9.17) is 57.3 Å². The molecule has 0 atom stereocenters. The summed E-state index contributed by atoms with van der Waals surface area (Å²) in [6.45, 7) is 1.02. The molecule has 12 N–H and O–H groups in total. The molecule has 0 amide bonds. The Morgan fingerprint density at radius 3 is 1.00 bits per heavy atom. The van der Waals surface area contributed by atoms with Crippen molar-refractivity contribution in [2.24, 2.45) is 23.7 Å². The van der Waals surface area contributed by atoms with Gasteiger partial charge in [0.1, 0.15) is 35.6 Å². The van der Waals surface area contributed by atoms with Crippen molar-refractivity contribution in [3.63, 3.8) is 0 Å². The number of nitrogen functional groups attached to an aromatic ring is 4. The fourth-order valence-electron chi connectivity index (χ4n) is 18.1. The Hall–Kier alpha value is -11.5. The molecule has 34 heteroatoms. The number of halogens is 4. The Balaban J connectivity index is 0.000000124. The summed E-state index contributed by atoms with van der Waals surface area (Å²) in [5.41, 5.74) is 45.6. The number of fused-ring (bicyclic) bond motifs is 4. The highest BCUT2D eigenvalue weighted by Gasteiger charge is 2.36. The highest BCUT2D eigenvalue weighted by molar-refractivity contribution is 9.11. The Kier molecular flexibility index (Phi) is 27.4. The van der Waals surface area contributed by atoms with Crippen molar-refractivity contribution in [1.29, 1.82) is 0 Å². The third-order valence-corrected chi connectivity index (χ3v) is 28.6. The molecular weight excluding hydrogens is 1860 g/mol. The van der Waals surface area contributed by atoms with Crippen molar-refractivity contribution in [1.82, 2.24) is 78.3 Å². The minimum atomic E-state index is -0.717. The first-order chi connectivity index (χ1) is 61.1. The molecule has 13 aromatic rings. The molecule has 0 saturated heterocycles. The fourth-order valence-corrected chi connectivity index (χ4v) is 20.4. The lowest BCUT2D eigenvalue weighted by Gasteiger charge is -2.26. The number of nitrogens with zero attached hydrogens (tertiary/aromatic N) is 16. The zero-order valence-corrected chi connectivity index (χ0v) is 75.6. The number of allylic oxidation sites excluding steroid dienone is 4. The van der Waals surface area contributed by atoms with Gasteiger partial charge in [0, 0.05) is 106 Å². The Morgan fingerprint density at radius 2 is 0.706 bits per heavy atom. The number of carbonyl (C=O) groups is 4. The quantitative estimate of drug-likeness (QED) is 0.0349. The molecule has 30 nitrogen and oxygen atoms in total. The maximum absolute atomic E-state index is 11.3. The van der Waals surface area contributed by atoms with Crippen molar-refractivity contribution in [3.8, 4) is 61.5 Å². The first kappa shape index (κ1) is 88.0. The number of rotatable bonds is 19. The van der Waals surface area contributed by atoms with E-state index in [0.29, 0.717) is 110 Å². The van der Waals surface area contributed by atoms with Gasteiger partial charge in [-0.05, 0) is 271 Å². The topological polar surface area (TPSA) is 444 Å². The molecule has 0 spiro atoms. The normalized spacial score (nSPS) is 20.1. The number of aliphatic carboxylic acids is 4. The number of ether oxygens (including phenoxy) is 2. The highest BCUT2D eigenvalue weighted by Crippen LogP contribution is 2.47. The average Bonchev–Trinajstić information content (AvgIpc) is 1.60. The van der Waals surface area contributed by atoms with E-state index in [9.17, 15) is 39.6 Å². The average molecular weight is 1960 g/mol. The molecule has 12 aromatic heterocycles. The lowest BCUT2D eigenvalue weighted by Crippen LogP contribution is -2.21. The highest BCUT2D eigenvalue weighted by atomic mass is 79.9. The Bertz CT molecular complexity index is 6230. The van der Waals surface area contributed by atoms with E-state index in [1.165, 1.54) is 30.4 Å². The standard InChI is InChI=1S/C24H26BrN5O2.C23H21BrN6O2.C23H24BrN5O2.C22H25BrN4O4/c25-20-21(15-6-8-16(9-7-15)24(31)32)29-23-18(13-28-30(23)22(20)26)17-10-11-19(27-12-17)14-4-2-1-3-5-14;24-19-20(13-3-5-14(6-4-13)23(31)32)29-22-17(12-28-30(22)21(19)25)15-7-8-18(27-11-15)16-2-1-9-26-10-16;24-19-20(14-5-7-15(8-6-14)23(30)31)28-22-17(12-27-29(22)21(19)25)16-9-10-18(26-11-16)13-3-1-2-4-13;1-30-10-11-31-16-8-6-13(7-9-16)17-12-25-27-20(24)18(23)19(26-21(17)27)14-2-4-15(5-3-14)22(28)29/h4,10-13,15-16H,1-3,5-9,26H2,(H,31,32);1-2,7-14H,3-6,25H2,(H,31,32);3,9-12,14-15H,1-2,4-8,25H2,(H,30,31);6-9,12,14-15H,2-5,10-11,24H2,1H3,(H,28,29). The van der Waals surface area contributed by atoms with Crippen LogP contribution in [0.15, 0.2) is 159 Å². The van der Waals surface area contributed by atoms with Gasteiger partial charge >= 0.3 is 23.9 Å². The van der Waals surface area contributed by atoms with Crippen LogP contribution in [-0.2, 0) is 23.9 Å². The van der Waals surface area contributed by atoms with Gasteiger partial charge in [0.05, 0.1) is 113 Å². The molecule has 0 unspecified atom stereocenters. The van der Waals surface area contributed by atoms with Gasteiger partial charge < -0.3 is 52.8 Å². The molecule has 0 aliphatic heterocycles. The van der Waals surface area contributed by atoms with Crippen LogP contribution in [0.1, 0.15) is 206 Å². The van der Waals surface area contributed by atoms with Gasteiger partial charge in [-0.3, -0.25) is 39.1 Å². The van der Waals surface area contributed by atoms with Crippen LogP contribution in [0, 0.1) is 23.7 Å². The number of pyridine rings is 4. The van der Waals surface area contributed by atoms with Gasteiger partial charge in [-0.25, -0.2) is 19.9 Å². The molecule has 6 aliphatic rings. The van der Waals surface area contributed by atoms with E-state index in [-0.39, 0.29) is 47.3 Å². The number of hydrogen-bond donors (Lipinski definition) is 8. The summed E-state index contributed by atoms with van der Waals surface area (Å²) in [7, 11) is 1.64. The molecule has 4 saturated carbocycles. The van der Waals surface area contributed by atoms with Crippen LogP contribution in [0.4, 0.5) is 23.3 Å². The van der Waals surface area contributed by atoms with Gasteiger partial charge in [0.15, 0.2) is 22.6 Å². The third-order valence-electron chi connectivity index (χ3n) is 25.3. The predicted octanol–water partition coefficient (Wildman–Crippen LogP) is 19.2. The maximum atomic E-state index is 11.3. The van der Waals surface area contributed by atoms with E-state index >= 15 is 0 Å². The molecule has 0 bridgehead atoms. The van der Waals surface area contributed by atoms with Crippen molar-refractivity contribution < 1.29 is 49.1 Å². The van der Waals surface area contributed by atoms with E-state index in [2.05, 4.69) is 135 Å². The molecule has 12 heterocycles. The summed E-state index contributed by atoms with van der Waals surface area (Å²) >= 11 is 14.4. The van der Waals surface area contributed by atoms with E-state index < -0.39 is 23.9 Å². The summed E-state index contributed by atoms with van der Waals surface area (Å²) in [5.74, 6) is -0.493. The second-order valence-electron chi connectivity index (χ2n) is 33.0. The number of carboxylic acid groups (broad SMARTS) is 4. The first-order valence-corrected chi connectivity index (χ1v) is 45.9. The number of aromatic nitrogens is 16. The fraction of sp³-hybridized carbons (Fsp3) is 0.370. The number of carboxylic acids is 4. The van der Waals surface area contributed by atoms with E-state index in [1.54, 1.807) is 68.5 Å². The first-order valence-electron chi connectivity index (χ1n) is 42.7. The predicted molar refractivity (Wildman–Crippen MR) is 494 cm³/mol. The monoisotopic (exact) mass is 1960 g/mol. The van der Waals surface area contributed by atoms with E-state index in [0.717, 1.165) is 191 Å². The van der Waals surface area contributed by atoms with Crippen LogP contribution >= 0.6 is 63.7 Å². The smallest absolute Gasteiger partial charge is 0.306 e. The molecule has 0 radical (unpaired) electrons. The van der Waals surface area contributed by atoms with Gasteiger partial charge in [-0.2, -0.15) is 38.5 Å². The summed E-state index contributed by atoms with van der Waals surface area (Å²) < 4.78 is 20.2. The summed E-state index contributed by atoms with van der Waals surface area (Å²) in [4.78, 5) is 83.1. The molecule has 19 rings (SSSR count). The Labute approximate surface area is 759 Å². The second-order valence-corrected chi connectivity index (χ2v) is 36.2. The zero-order chi connectivity index (χ0) is 88.0. The molecule has 126 heavy (non-hydrogen) atoms. The number of hydrogen-bond acceptors (Lipinski definition) is 22. The minimum Gasteiger partial charge on any atom is -0.491 e. The summed E-state index contributed by atoms with van der Waals surface area (Å²) in [5, 5.41) is 55.0. The van der Waals surface area contributed by atoms with Crippen molar-refractivity contribution in [2.75, 3.05) is 43.3 Å². The molecule has 1 aromatic carbocycles. The van der Waals surface area contributed by atoms with Crippen molar-refractivity contribution in [2.45, 2.75) is 171 Å². The molecular formula is C92H96Br4N20O10. The van der Waals surface area contributed by atoms with Gasteiger partial charge in [0.25, 0.3) is 0 Å². The summed E-state index contributed by atoms with van der Waals surface area (Å²) in [6.07, 6.45) is 40.3. The lowest BCUT2D eigenvalue weighted by atomic mass is 9.80. The zero-order valence-electron chi connectivity index (χ0n) is 69.3. The van der Waals surface area contributed by atoms with Crippen LogP contribution in [-0.4, -0.2) is 143 Å². The minimum absolute atomic E-state index is 0.154. The molecule has 652 valence electrons. The summed E-state index contributed by atoms with van der Waals surface area (Å²) in [6, 6.07) is 23.8. The largest absolute Gasteiger partial charge is 0.491 e. The van der Waals surface area contributed by atoms with Gasteiger partial charge in [0.2, 0.25) is 0 Å². The second kappa shape index (κ2) is 39.2. The number of methoxy groups -OCH3 is 1. The molecule has 6 aliphatic carbocycles. The van der Waals surface area contributed by atoms with Crippen LogP contribution in [0.2, 0.25) is 0 Å². The van der Waals surface area contributed by atoms with Crippen LogP contribution < -0.4 is 27.7 Å². The number of anilines is 4. The maximum Gasteiger partial charge on any atom is 0.306 e. The van der Waals surface area contributed by atoms with E-state index in [1.807, 2.05) is 60.9 Å². The third kappa shape index (κ3) is 18.8. The van der Waals surface area contributed by atoms with Gasteiger partial charge in [-0.1, -0.05) is 42.5 Å². The van der Waals surface area contributed by atoms with Crippen LogP contribution in [0.5, 0.6) is 5.75 Å². The van der Waals surface area contributed by atoms with Crippen molar-refractivity contribution >= 4 is 145 Å². The van der Waals surface area contributed by atoms with Crippen LogP contribution in [0.25, 0.3) is 89.5 Å². The number of nitrogens with two attached hydrogens (primary N) is 4. The van der Waals surface area contributed by atoms with Crippen LogP contribution in [0.3, 0.4) is 0 Å². The lowest BCUT2D eigenvalue weighted by molar-refractivity contribution is -0.143. The number of benzene rings is 1. The van der Waals surface area contributed by atoms with Gasteiger partial charge in [-0.15, -0.1) is 0 Å². The SMILES string of the molecule is COCCOc1ccc(-c2cnn3c(N)c(Br)c(C4CCC(C(=O)O)CC4)nc23)cc1.Nc1c(Br)c(C2CCC(C(=O)O)CC2)nc2c(-c3ccc(-c4cccnc4)nc3)cnn12.Nc1c(Br)c(C2CCC(C(=O)O)CC2)nc2c(-c3ccc(C4=CCCC4)nc3)cnn12.Nc1c(Br)c(C2CCC(C(=O)O)CC2)nc2c(-c3ccc(C4=CCCCC4)nc3)cnn12. The molecule has 4 fully saturated rings. The van der Waals surface area contributed by atoms with Crippen molar-refractivity contribution in [3.05, 3.63) is 193 Å².